The molecule has 2 rings (SSSR count). The molecule has 1 N–H and O–H groups in total. The largest absolute Gasteiger partial charge is 0.495 e. The van der Waals surface area contributed by atoms with Gasteiger partial charge in [-0.15, -0.1) is 12.4 Å². The van der Waals surface area contributed by atoms with Gasteiger partial charge < -0.3 is 10.1 Å². The normalized spacial score (nSPS) is 16.2. The average molecular weight is 374 g/mol. The molecule has 1 saturated heterocycles. The smallest absolute Gasteiger partial charge is 0.246 e. The number of methoxy groups -OCH3 is 1. The van der Waals surface area contributed by atoms with E-state index in [1.807, 2.05) is 6.07 Å². The Bertz CT molecular complexity index is 680. The van der Waals surface area contributed by atoms with Crippen LogP contribution in [0.15, 0.2) is 23.1 Å². The van der Waals surface area contributed by atoms with Gasteiger partial charge in [-0.3, -0.25) is 0 Å². The molecule has 0 unspecified atom stereocenters. The first kappa shape index (κ1) is 20.7. The summed E-state index contributed by atoms with van der Waals surface area (Å²) in [7, 11) is -2.18. The second-order valence-corrected chi connectivity index (χ2v) is 7.54. The lowest BCUT2D eigenvalue weighted by molar-refractivity contribution is 0.267. The van der Waals surface area contributed by atoms with E-state index >= 15 is 0 Å². The predicted molar refractivity (Wildman–Crippen MR) is 95.0 cm³/mol. The average Bonchev–Trinajstić information content (AvgIpc) is 2.59. The highest BCUT2D eigenvalue weighted by Gasteiger charge is 2.31. The van der Waals surface area contributed by atoms with Crippen LogP contribution in [0.25, 0.3) is 0 Å². The molecule has 0 amide bonds. The summed E-state index contributed by atoms with van der Waals surface area (Å²) in [5.74, 6) is 0.739. The standard InChI is InChI=1S/C16H23N3O3S.ClH/c1-3-18-12-13-6-8-19(9-7-13)23(20,21)16-5-4-14(11-17)10-15(16)22-2;/h4-5,10,13,18H,3,6-9,12H2,1-2H3;1H. The second kappa shape index (κ2) is 9.23. The molecule has 0 spiro atoms. The first-order chi connectivity index (χ1) is 11.0. The van der Waals surface area contributed by atoms with Gasteiger partial charge in [-0.2, -0.15) is 9.57 Å². The number of sulfonamides is 1. The molecule has 0 bridgehead atoms. The third kappa shape index (κ3) is 4.61. The van der Waals surface area contributed by atoms with E-state index in [0.717, 1.165) is 25.9 Å². The highest BCUT2D eigenvalue weighted by Crippen LogP contribution is 2.30. The fourth-order valence-electron chi connectivity index (χ4n) is 2.79. The van der Waals surface area contributed by atoms with Crippen LogP contribution >= 0.6 is 12.4 Å². The Morgan fingerprint density at radius 3 is 2.58 bits per heavy atom. The summed E-state index contributed by atoms with van der Waals surface area (Å²) < 4.78 is 32.4. The number of ether oxygens (including phenoxy) is 1. The predicted octanol–water partition coefficient (Wildman–Crippen LogP) is 2.00. The lowest BCUT2D eigenvalue weighted by Gasteiger charge is -2.31. The fourth-order valence-corrected chi connectivity index (χ4v) is 4.40. The molecule has 8 heteroatoms. The topological polar surface area (TPSA) is 82.4 Å². The first-order valence-corrected chi connectivity index (χ1v) is 9.26. The fraction of sp³-hybridized carbons (Fsp3) is 0.562. The molecule has 1 heterocycles. The lowest BCUT2D eigenvalue weighted by Crippen LogP contribution is -2.40. The molecule has 1 fully saturated rings. The molecule has 0 aliphatic carbocycles. The van der Waals surface area contributed by atoms with Gasteiger partial charge in [-0.05, 0) is 50.0 Å². The maximum atomic E-state index is 12.8. The SMILES string of the molecule is CCNCC1CCN(S(=O)(=O)c2ccc(C#N)cc2OC)CC1.Cl. The van der Waals surface area contributed by atoms with Crippen molar-refractivity contribution in [3.8, 4) is 11.8 Å². The van der Waals surface area contributed by atoms with Crippen LogP contribution in [0.2, 0.25) is 0 Å². The third-order valence-corrected chi connectivity index (χ3v) is 6.11. The monoisotopic (exact) mass is 373 g/mol. The van der Waals surface area contributed by atoms with Gasteiger partial charge >= 0.3 is 0 Å². The number of rotatable bonds is 6. The lowest BCUT2D eigenvalue weighted by atomic mass is 9.98. The highest BCUT2D eigenvalue weighted by molar-refractivity contribution is 7.89. The van der Waals surface area contributed by atoms with Crippen LogP contribution in [0.3, 0.4) is 0 Å². The van der Waals surface area contributed by atoms with Gasteiger partial charge in [0.05, 0.1) is 18.7 Å². The van der Waals surface area contributed by atoms with E-state index in [2.05, 4.69) is 12.2 Å². The van der Waals surface area contributed by atoms with E-state index < -0.39 is 10.0 Å². The molecule has 1 aromatic carbocycles. The quantitative estimate of drug-likeness (QED) is 0.824. The Balaban J connectivity index is 0.00000288. The van der Waals surface area contributed by atoms with Crippen LogP contribution in [-0.2, 0) is 10.0 Å². The zero-order chi connectivity index (χ0) is 16.9. The zero-order valence-corrected chi connectivity index (χ0v) is 15.6. The number of benzene rings is 1. The van der Waals surface area contributed by atoms with Crippen molar-refractivity contribution in [2.45, 2.75) is 24.7 Å². The molecule has 6 nitrogen and oxygen atoms in total. The Morgan fingerprint density at radius 1 is 1.38 bits per heavy atom. The number of nitriles is 1. The van der Waals surface area contributed by atoms with E-state index in [0.29, 0.717) is 24.6 Å². The number of piperidine rings is 1. The minimum Gasteiger partial charge on any atom is -0.495 e. The Morgan fingerprint density at radius 2 is 2.04 bits per heavy atom. The Labute approximate surface area is 150 Å². The number of halogens is 1. The van der Waals surface area contributed by atoms with Crippen molar-refractivity contribution in [3.63, 3.8) is 0 Å². The number of hydrogen-bond acceptors (Lipinski definition) is 5. The molecule has 0 saturated carbocycles. The maximum Gasteiger partial charge on any atom is 0.246 e. The van der Waals surface area contributed by atoms with Crippen LogP contribution in [0.5, 0.6) is 5.75 Å². The second-order valence-electron chi connectivity index (χ2n) is 5.63. The molecule has 0 atom stereocenters. The maximum absolute atomic E-state index is 12.8. The number of hydrogen-bond donors (Lipinski definition) is 1. The van der Waals surface area contributed by atoms with Crippen molar-refractivity contribution in [2.24, 2.45) is 5.92 Å². The number of nitrogens with zero attached hydrogens (tertiary/aromatic N) is 2. The molecule has 1 aromatic rings. The molecule has 1 aliphatic heterocycles. The van der Waals surface area contributed by atoms with Gasteiger partial charge in [0.2, 0.25) is 10.0 Å². The van der Waals surface area contributed by atoms with Gasteiger partial charge in [0.15, 0.2) is 0 Å². The molecule has 24 heavy (non-hydrogen) atoms. The minimum absolute atomic E-state index is 0. The van der Waals surface area contributed by atoms with Crippen LogP contribution in [0.4, 0.5) is 0 Å². The summed E-state index contributed by atoms with van der Waals surface area (Å²) in [4.78, 5) is 0.129. The summed E-state index contributed by atoms with van der Waals surface area (Å²) in [6.07, 6.45) is 1.70. The van der Waals surface area contributed by atoms with E-state index in [-0.39, 0.29) is 23.1 Å². The van der Waals surface area contributed by atoms with E-state index in [4.69, 9.17) is 10.00 Å². The van der Waals surface area contributed by atoms with Crippen LogP contribution < -0.4 is 10.1 Å². The highest BCUT2D eigenvalue weighted by atomic mass is 35.5. The zero-order valence-electron chi connectivity index (χ0n) is 14.0. The number of nitrogens with one attached hydrogen (secondary N) is 1. The summed E-state index contributed by atoms with van der Waals surface area (Å²) in [5, 5.41) is 12.2. The van der Waals surface area contributed by atoms with E-state index in [1.165, 1.54) is 29.6 Å². The van der Waals surface area contributed by atoms with Crippen molar-refractivity contribution in [1.29, 1.82) is 5.26 Å². The van der Waals surface area contributed by atoms with Gasteiger partial charge in [-0.25, -0.2) is 8.42 Å². The summed E-state index contributed by atoms with van der Waals surface area (Å²) in [5.41, 5.74) is 0.380. The van der Waals surface area contributed by atoms with Gasteiger partial charge in [-0.1, -0.05) is 6.92 Å². The van der Waals surface area contributed by atoms with Crippen molar-refractivity contribution in [3.05, 3.63) is 23.8 Å². The molecule has 1 aliphatic rings. The molecule has 134 valence electrons. The van der Waals surface area contributed by atoms with Crippen LogP contribution in [0, 0.1) is 17.2 Å². The van der Waals surface area contributed by atoms with Crippen LogP contribution in [0.1, 0.15) is 25.3 Å². The third-order valence-electron chi connectivity index (χ3n) is 4.17. The molecule has 0 radical (unpaired) electrons. The van der Waals surface area contributed by atoms with Crippen molar-refractivity contribution >= 4 is 22.4 Å². The van der Waals surface area contributed by atoms with E-state index in [9.17, 15) is 8.42 Å². The first-order valence-electron chi connectivity index (χ1n) is 7.82. The van der Waals surface area contributed by atoms with Gasteiger partial charge in [0, 0.05) is 13.1 Å². The van der Waals surface area contributed by atoms with Crippen molar-refractivity contribution in [1.82, 2.24) is 9.62 Å². The Kier molecular flexibility index (Phi) is 7.97. The Hall–Kier alpha value is -1.33. The van der Waals surface area contributed by atoms with Gasteiger partial charge in [0.25, 0.3) is 0 Å². The van der Waals surface area contributed by atoms with Crippen LogP contribution in [-0.4, -0.2) is 46.0 Å². The van der Waals surface area contributed by atoms with Gasteiger partial charge in [0.1, 0.15) is 10.6 Å². The summed E-state index contributed by atoms with van der Waals surface area (Å²) >= 11 is 0. The minimum atomic E-state index is -3.60. The molecular formula is C16H24ClN3O3S. The summed E-state index contributed by atoms with van der Waals surface area (Å²) in [6.45, 7) is 4.96. The molecule has 0 aromatic heterocycles. The molecular weight excluding hydrogens is 350 g/mol. The van der Waals surface area contributed by atoms with Crippen molar-refractivity contribution < 1.29 is 13.2 Å². The van der Waals surface area contributed by atoms with Crippen molar-refractivity contribution in [2.75, 3.05) is 33.3 Å². The van der Waals surface area contributed by atoms with E-state index in [1.54, 1.807) is 0 Å². The summed E-state index contributed by atoms with van der Waals surface area (Å²) in [6, 6.07) is 6.42.